The van der Waals surface area contributed by atoms with Gasteiger partial charge >= 0.3 is 6.03 Å². The van der Waals surface area contributed by atoms with Gasteiger partial charge in [-0.1, -0.05) is 41.9 Å². The summed E-state index contributed by atoms with van der Waals surface area (Å²) in [5, 5.41) is 3.72. The Labute approximate surface area is 140 Å². The van der Waals surface area contributed by atoms with Crippen molar-refractivity contribution >= 4 is 17.6 Å². The minimum absolute atomic E-state index is 0.0676. The average Bonchev–Trinajstić information content (AvgIpc) is 2.53. The van der Waals surface area contributed by atoms with Gasteiger partial charge in [0.15, 0.2) is 5.72 Å². The zero-order valence-corrected chi connectivity index (χ0v) is 13.5. The minimum Gasteiger partial charge on any atom is -0.468 e. The molecule has 0 saturated carbocycles. The average molecular weight is 329 g/mol. The fourth-order valence-electron chi connectivity index (χ4n) is 3.39. The number of fused-ring (bicyclic) bond motifs is 4. The summed E-state index contributed by atoms with van der Waals surface area (Å²) in [6, 6.07) is 15.3. The lowest BCUT2D eigenvalue weighted by Gasteiger charge is -2.50. The van der Waals surface area contributed by atoms with Crippen LogP contribution in [0.3, 0.4) is 0 Å². The summed E-state index contributed by atoms with van der Waals surface area (Å²) >= 11 is 6.08. The largest absolute Gasteiger partial charge is 0.468 e. The van der Waals surface area contributed by atoms with Gasteiger partial charge in [0.25, 0.3) is 0 Å². The highest BCUT2D eigenvalue weighted by molar-refractivity contribution is 6.30. The zero-order valence-electron chi connectivity index (χ0n) is 12.8. The van der Waals surface area contributed by atoms with E-state index in [-0.39, 0.29) is 12.1 Å². The van der Waals surface area contributed by atoms with Crippen molar-refractivity contribution in [2.45, 2.75) is 31.7 Å². The molecule has 4 rings (SSSR count). The predicted molar refractivity (Wildman–Crippen MR) is 88.4 cm³/mol. The van der Waals surface area contributed by atoms with Crippen LogP contribution >= 0.6 is 11.6 Å². The number of halogens is 1. The standard InChI is InChI=1S/C18H17ClN2O2/c1-18-10-15(14-9-13(19)7-8-16(14)23-18)20-17(22)21(18)11-12-5-3-2-4-6-12/h2-9,15H,10-11H2,1H3,(H,20,22)/t15-,18+/m1/s1. The van der Waals surface area contributed by atoms with Crippen LogP contribution in [0.15, 0.2) is 48.5 Å². The van der Waals surface area contributed by atoms with Crippen molar-refractivity contribution in [1.29, 1.82) is 0 Å². The highest BCUT2D eigenvalue weighted by atomic mass is 35.5. The van der Waals surface area contributed by atoms with E-state index in [9.17, 15) is 4.79 Å². The molecule has 2 amide bonds. The van der Waals surface area contributed by atoms with E-state index in [0.717, 1.165) is 16.9 Å². The van der Waals surface area contributed by atoms with Crippen LogP contribution in [0.4, 0.5) is 4.79 Å². The number of amides is 2. The van der Waals surface area contributed by atoms with E-state index >= 15 is 0 Å². The molecule has 0 unspecified atom stereocenters. The first-order chi connectivity index (χ1) is 11.0. The first kappa shape index (κ1) is 14.4. The summed E-state index contributed by atoms with van der Waals surface area (Å²) in [7, 11) is 0. The number of carbonyl (C=O) groups is 1. The van der Waals surface area contributed by atoms with Crippen molar-refractivity contribution in [2.75, 3.05) is 0 Å². The maximum atomic E-state index is 12.6. The highest BCUT2D eigenvalue weighted by Gasteiger charge is 2.48. The lowest BCUT2D eigenvalue weighted by atomic mass is 9.90. The molecule has 2 aliphatic heterocycles. The van der Waals surface area contributed by atoms with Gasteiger partial charge in [-0.15, -0.1) is 0 Å². The molecule has 118 valence electrons. The van der Waals surface area contributed by atoms with Crippen molar-refractivity contribution in [2.24, 2.45) is 0 Å². The number of hydrogen-bond donors (Lipinski definition) is 1. The molecule has 2 aliphatic rings. The minimum atomic E-state index is -0.663. The monoisotopic (exact) mass is 328 g/mol. The maximum absolute atomic E-state index is 12.6. The lowest BCUT2D eigenvalue weighted by Crippen LogP contribution is -2.64. The van der Waals surface area contributed by atoms with Crippen molar-refractivity contribution in [3.05, 3.63) is 64.7 Å². The van der Waals surface area contributed by atoms with Gasteiger partial charge in [0.05, 0.1) is 12.6 Å². The van der Waals surface area contributed by atoms with E-state index in [1.54, 1.807) is 4.90 Å². The lowest BCUT2D eigenvalue weighted by molar-refractivity contribution is -0.0879. The van der Waals surface area contributed by atoms with E-state index in [4.69, 9.17) is 16.3 Å². The van der Waals surface area contributed by atoms with Gasteiger partial charge in [-0.2, -0.15) is 0 Å². The second-order valence-corrected chi connectivity index (χ2v) is 6.67. The SMILES string of the molecule is C[C@]12C[C@@H](NC(=O)N1Cc1ccccc1)c1cc(Cl)ccc1O2. The fourth-order valence-corrected chi connectivity index (χ4v) is 3.57. The van der Waals surface area contributed by atoms with Crippen LogP contribution < -0.4 is 10.1 Å². The Hall–Kier alpha value is -2.20. The van der Waals surface area contributed by atoms with Crippen LogP contribution in [0.25, 0.3) is 0 Å². The van der Waals surface area contributed by atoms with E-state index < -0.39 is 5.72 Å². The van der Waals surface area contributed by atoms with Gasteiger partial charge < -0.3 is 10.1 Å². The van der Waals surface area contributed by atoms with Crippen LogP contribution in [0, 0.1) is 0 Å². The van der Waals surface area contributed by atoms with Gasteiger partial charge in [0.2, 0.25) is 0 Å². The van der Waals surface area contributed by atoms with Crippen LogP contribution in [0.5, 0.6) is 5.75 Å². The zero-order chi connectivity index (χ0) is 16.0. The molecule has 1 N–H and O–H groups in total. The van der Waals surface area contributed by atoms with Gasteiger partial charge in [-0.05, 0) is 30.7 Å². The van der Waals surface area contributed by atoms with E-state index in [1.165, 1.54) is 0 Å². The van der Waals surface area contributed by atoms with Crippen LogP contribution in [-0.2, 0) is 6.54 Å². The highest BCUT2D eigenvalue weighted by Crippen LogP contribution is 2.45. The van der Waals surface area contributed by atoms with Gasteiger partial charge in [0.1, 0.15) is 5.75 Å². The second kappa shape index (κ2) is 5.17. The van der Waals surface area contributed by atoms with Crippen LogP contribution in [-0.4, -0.2) is 16.7 Å². The van der Waals surface area contributed by atoms with E-state index in [0.29, 0.717) is 18.0 Å². The summed E-state index contributed by atoms with van der Waals surface area (Å²) in [4.78, 5) is 14.4. The molecule has 23 heavy (non-hydrogen) atoms. The smallest absolute Gasteiger partial charge is 0.321 e. The fraction of sp³-hybridized carbons (Fsp3) is 0.278. The van der Waals surface area contributed by atoms with Crippen LogP contribution in [0.1, 0.15) is 30.5 Å². The third-order valence-corrected chi connectivity index (χ3v) is 4.79. The normalized spacial score (nSPS) is 25.4. The number of benzene rings is 2. The number of urea groups is 1. The molecule has 0 radical (unpaired) electrons. The molecular formula is C18H17ClN2O2. The predicted octanol–water partition coefficient (Wildman–Crippen LogP) is 4.11. The Balaban J connectivity index is 1.69. The molecule has 1 saturated heterocycles. The van der Waals surface area contributed by atoms with Gasteiger partial charge in [-0.25, -0.2) is 4.79 Å². The topological polar surface area (TPSA) is 41.6 Å². The summed E-state index contributed by atoms with van der Waals surface area (Å²) < 4.78 is 6.21. The number of ether oxygens (including phenoxy) is 1. The van der Waals surface area contributed by atoms with Crippen molar-refractivity contribution in [3.8, 4) is 5.75 Å². The molecule has 2 aromatic rings. The molecule has 2 heterocycles. The Morgan fingerprint density at radius 3 is 2.87 bits per heavy atom. The third kappa shape index (κ3) is 2.43. The number of nitrogens with zero attached hydrogens (tertiary/aromatic N) is 1. The van der Waals surface area contributed by atoms with Crippen molar-refractivity contribution < 1.29 is 9.53 Å². The Bertz CT molecular complexity index is 765. The molecule has 4 nitrogen and oxygen atoms in total. The third-order valence-electron chi connectivity index (χ3n) is 4.56. The summed E-state index contributed by atoms with van der Waals surface area (Å²) in [6.07, 6.45) is 0.693. The summed E-state index contributed by atoms with van der Waals surface area (Å²) in [5.41, 5.74) is 1.36. The second-order valence-electron chi connectivity index (χ2n) is 6.24. The first-order valence-corrected chi connectivity index (χ1v) is 8.03. The molecule has 1 fully saturated rings. The first-order valence-electron chi connectivity index (χ1n) is 7.66. The van der Waals surface area contributed by atoms with Gasteiger partial charge in [-0.3, -0.25) is 4.90 Å². The molecule has 5 heteroatoms. The Morgan fingerprint density at radius 1 is 1.30 bits per heavy atom. The molecule has 0 aromatic heterocycles. The summed E-state index contributed by atoms with van der Waals surface area (Å²) in [6.45, 7) is 2.48. The molecule has 2 bridgehead atoms. The molecule has 2 aromatic carbocycles. The van der Waals surface area contributed by atoms with Crippen LogP contribution in [0.2, 0.25) is 5.02 Å². The van der Waals surface area contributed by atoms with Gasteiger partial charge in [0, 0.05) is 17.0 Å². The molecule has 0 spiro atoms. The number of nitrogens with one attached hydrogen (secondary N) is 1. The van der Waals surface area contributed by atoms with Crippen molar-refractivity contribution in [3.63, 3.8) is 0 Å². The number of rotatable bonds is 2. The number of carbonyl (C=O) groups excluding carboxylic acids is 1. The van der Waals surface area contributed by atoms with E-state index in [1.807, 2.05) is 55.5 Å². The molecule has 2 atom stereocenters. The summed E-state index contributed by atoms with van der Waals surface area (Å²) in [5.74, 6) is 0.784. The Morgan fingerprint density at radius 2 is 2.09 bits per heavy atom. The molecule has 0 aliphatic carbocycles. The molecular weight excluding hydrogens is 312 g/mol. The number of hydrogen-bond acceptors (Lipinski definition) is 2. The Kier molecular flexibility index (Phi) is 3.23. The maximum Gasteiger partial charge on any atom is 0.321 e. The quantitative estimate of drug-likeness (QED) is 0.901. The van der Waals surface area contributed by atoms with E-state index in [2.05, 4.69) is 5.32 Å². The van der Waals surface area contributed by atoms with Crippen molar-refractivity contribution in [1.82, 2.24) is 10.2 Å².